The second-order valence-electron chi connectivity index (χ2n) is 6.25. The number of benzene rings is 2. The number of carbonyl (C=O) groups excluding carboxylic acids is 1. The van der Waals surface area contributed by atoms with Crippen molar-refractivity contribution in [2.45, 2.75) is 23.5 Å². The van der Waals surface area contributed by atoms with Gasteiger partial charge in [0.15, 0.2) is 0 Å². The number of halogens is 3. The van der Waals surface area contributed by atoms with Gasteiger partial charge in [-0.2, -0.15) is 17.9 Å². The second-order valence-corrected chi connectivity index (χ2v) is 7.94. The summed E-state index contributed by atoms with van der Waals surface area (Å²) in [7, 11) is -3.59. The molecule has 1 aromatic heterocycles. The molecule has 2 N–H and O–H groups in total. The van der Waals surface area contributed by atoms with E-state index in [4.69, 9.17) is 0 Å². The van der Waals surface area contributed by atoms with E-state index in [1.165, 1.54) is 6.07 Å². The van der Waals surface area contributed by atoms with E-state index in [0.717, 1.165) is 30.1 Å². The Kier molecular flexibility index (Phi) is 5.67. The van der Waals surface area contributed by atoms with Crippen LogP contribution in [-0.4, -0.2) is 32.5 Å². The predicted molar refractivity (Wildman–Crippen MR) is 99.6 cm³/mol. The van der Waals surface area contributed by atoms with Crippen LogP contribution < -0.4 is 4.72 Å². The zero-order valence-electron chi connectivity index (χ0n) is 15.2. The van der Waals surface area contributed by atoms with Crippen molar-refractivity contribution in [2.75, 3.05) is 7.11 Å². The first-order valence-electron chi connectivity index (χ1n) is 8.45. The lowest BCUT2D eigenvalue weighted by Gasteiger charge is -2.18. The van der Waals surface area contributed by atoms with Crippen LogP contribution >= 0.6 is 0 Å². The van der Waals surface area contributed by atoms with Gasteiger partial charge in [0, 0.05) is 23.5 Å². The van der Waals surface area contributed by atoms with Crippen molar-refractivity contribution in [3.63, 3.8) is 0 Å². The summed E-state index contributed by atoms with van der Waals surface area (Å²) in [6.45, 7) is 0. The van der Waals surface area contributed by atoms with Crippen LogP contribution in [0.4, 0.5) is 13.2 Å². The van der Waals surface area contributed by atoms with Crippen LogP contribution in [0, 0.1) is 0 Å². The number of aromatic nitrogens is 1. The molecule has 2 aromatic carbocycles. The number of aromatic amines is 1. The molecule has 0 saturated carbocycles. The third-order valence-electron chi connectivity index (χ3n) is 4.36. The van der Waals surface area contributed by atoms with Gasteiger partial charge in [0.2, 0.25) is 10.0 Å². The molecule has 1 atom stereocenters. The fourth-order valence-electron chi connectivity index (χ4n) is 3.02. The number of nitrogens with one attached hydrogen (secondary N) is 2. The van der Waals surface area contributed by atoms with Crippen molar-refractivity contribution in [1.82, 2.24) is 9.71 Å². The van der Waals surface area contributed by atoms with Gasteiger partial charge in [0.1, 0.15) is 6.04 Å². The molecule has 6 nitrogen and oxygen atoms in total. The first-order valence-corrected chi connectivity index (χ1v) is 9.93. The van der Waals surface area contributed by atoms with Crippen LogP contribution in [0.3, 0.4) is 0 Å². The van der Waals surface area contributed by atoms with Gasteiger partial charge in [-0.05, 0) is 23.8 Å². The highest BCUT2D eigenvalue weighted by Crippen LogP contribution is 2.34. The Morgan fingerprint density at radius 2 is 1.79 bits per heavy atom. The number of ether oxygens (including phenoxy) is 1. The SMILES string of the molecule is COC(=O)C(Cc1c[nH]c2ccccc12)NS(=O)(=O)c1ccccc1C(F)(F)F. The Bertz CT molecular complexity index is 1140. The quantitative estimate of drug-likeness (QED) is 0.593. The predicted octanol–water partition coefficient (Wildman–Crippen LogP) is 3.25. The number of carbonyl (C=O) groups is 1. The van der Waals surface area contributed by atoms with Crippen LogP contribution in [0.1, 0.15) is 11.1 Å². The number of esters is 1. The van der Waals surface area contributed by atoms with Crippen molar-refractivity contribution in [2.24, 2.45) is 0 Å². The monoisotopic (exact) mass is 426 g/mol. The number of H-pyrrole nitrogens is 1. The number of methoxy groups -OCH3 is 1. The maximum atomic E-state index is 13.2. The van der Waals surface area contributed by atoms with Gasteiger partial charge in [0.25, 0.3) is 0 Å². The summed E-state index contributed by atoms with van der Waals surface area (Å²) < 4.78 is 71.8. The highest BCUT2D eigenvalue weighted by atomic mass is 32.2. The Labute approximate surface area is 164 Å². The number of para-hydroxylation sites is 1. The van der Waals surface area contributed by atoms with Crippen LogP contribution in [-0.2, 0) is 32.2 Å². The van der Waals surface area contributed by atoms with Gasteiger partial charge in [-0.3, -0.25) is 4.79 Å². The number of hydrogen-bond donors (Lipinski definition) is 2. The molecule has 29 heavy (non-hydrogen) atoms. The van der Waals surface area contributed by atoms with Crippen LogP contribution in [0.25, 0.3) is 10.9 Å². The van der Waals surface area contributed by atoms with Crippen LogP contribution in [0.2, 0.25) is 0 Å². The van der Waals surface area contributed by atoms with Crippen molar-refractivity contribution in [3.8, 4) is 0 Å². The maximum Gasteiger partial charge on any atom is 0.417 e. The van der Waals surface area contributed by atoms with Crippen molar-refractivity contribution >= 4 is 26.9 Å². The molecule has 0 fully saturated rings. The standard InChI is InChI=1S/C19H17F3N2O4S/c1-28-18(25)16(10-12-11-23-15-8-4-2-6-13(12)15)24-29(26,27)17-9-5-3-7-14(17)19(20,21)22/h2-9,11,16,23-24H,10H2,1H3. The van der Waals surface area contributed by atoms with Gasteiger partial charge >= 0.3 is 12.1 Å². The summed E-state index contributed by atoms with van der Waals surface area (Å²) >= 11 is 0. The summed E-state index contributed by atoms with van der Waals surface area (Å²) in [4.78, 5) is 14.2. The second kappa shape index (κ2) is 7.88. The van der Waals surface area contributed by atoms with E-state index in [0.29, 0.717) is 11.6 Å². The lowest BCUT2D eigenvalue weighted by Crippen LogP contribution is -2.43. The summed E-state index contributed by atoms with van der Waals surface area (Å²) in [5, 5.41) is 0.760. The first kappa shape index (κ1) is 20.9. The molecule has 0 saturated heterocycles. The molecule has 0 radical (unpaired) electrons. The van der Waals surface area contributed by atoms with Gasteiger partial charge in [-0.1, -0.05) is 30.3 Å². The summed E-state index contributed by atoms with van der Waals surface area (Å²) in [5.74, 6) is -0.914. The fraction of sp³-hybridized carbons (Fsp3) is 0.211. The smallest absolute Gasteiger partial charge is 0.417 e. The number of alkyl halides is 3. The Balaban J connectivity index is 1.96. The van der Waals surface area contributed by atoms with E-state index in [2.05, 4.69) is 14.4 Å². The molecule has 0 spiro atoms. The first-order chi connectivity index (χ1) is 13.6. The highest BCUT2D eigenvalue weighted by Gasteiger charge is 2.38. The topological polar surface area (TPSA) is 88.3 Å². The number of fused-ring (bicyclic) bond motifs is 1. The highest BCUT2D eigenvalue weighted by molar-refractivity contribution is 7.89. The molecule has 3 aromatic rings. The van der Waals surface area contributed by atoms with Crippen molar-refractivity contribution < 1.29 is 31.1 Å². The van der Waals surface area contributed by atoms with Gasteiger partial charge in [-0.25, -0.2) is 8.42 Å². The molecule has 0 aliphatic carbocycles. The lowest BCUT2D eigenvalue weighted by molar-refractivity contribution is -0.142. The van der Waals surface area contributed by atoms with Crippen molar-refractivity contribution in [1.29, 1.82) is 0 Å². The molecule has 0 amide bonds. The Hall–Kier alpha value is -2.85. The summed E-state index contributed by atoms with van der Waals surface area (Å²) in [5.41, 5.74) is 0.0717. The van der Waals surface area contributed by atoms with Gasteiger partial charge < -0.3 is 9.72 Å². The zero-order chi connectivity index (χ0) is 21.2. The minimum atomic E-state index is -4.87. The fourth-order valence-corrected chi connectivity index (χ4v) is 4.43. The summed E-state index contributed by atoms with van der Waals surface area (Å²) in [6.07, 6.45) is -3.37. The average molecular weight is 426 g/mol. The average Bonchev–Trinajstić information content (AvgIpc) is 3.09. The normalized spacial score (nSPS) is 13.4. The van der Waals surface area contributed by atoms with E-state index >= 15 is 0 Å². The molecule has 1 unspecified atom stereocenters. The van der Waals surface area contributed by atoms with E-state index in [1.54, 1.807) is 30.5 Å². The number of hydrogen-bond acceptors (Lipinski definition) is 4. The Morgan fingerprint density at radius 1 is 1.14 bits per heavy atom. The third-order valence-corrected chi connectivity index (χ3v) is 5.89. The van der Waals surface area contributed by atoms with E-state index in [9.17, 15) is 26.4 Å². The molecule has 10 heteroatoms. The van der Waals surface area contributed by atoms with Crippen molar-refractivity contribution in [3.05, 3.63) is 65.9 Å². The lowest BCUT2D eigenvalue weighted by atomic mass is 10.1. The Morgan fingerprint density at radius 3 is 2.48 bits per heavy atom. The molecule has 0 aliphatic rings. The molecule has 1 heterocycles. The van der Waals surface area contributed by atoms with E-state index < -0.39 is 38.7 Å². The van der Waals surface area contributed by atoms with Gasteiger partial charge in [0.05, 0.1) is 17.6 Å². The maximum absolute atomic E-state index is 13.2. The van der Waals surface area contributed by atoms with Crippen LogP contribution in [0.5, 0.6) is 0 Å². The molecule has 154 valence electrons. The molecular formula is C19H17F3N2O4S. The van der Waals surface area contributed by atoms with Crippen LogP contribution in [0.15, 0.2) is 59.6 Å². The molecule has 3 rings (SSSR count). The summed E-state index contributed by atoms with van der Waals surface area (Å²) in [6, 6.07) is 9.52. The minimum absolute atomic E-state index is 0.107. The largest absolute Gasteiger partial charge is 0.468 e. The van der Waals surface area contributed by atoms with Gasteiger partial charge in [-0.15, -0.1) is 0 Å². The number of sulfonamides is 1. The molecular weight excluding hydrogens is 409 g/mol. The minimum Gasteiger partial charge on any atom is -0.468 e. The third kappa shape index (κ3) is 4.43. The van der Waals surface area contributed by atoms with E-state index in [-0.39, 0.29) is 6.42 Å². The van der Waals surface area contributed by atoms with E-state index in [1.807, 2.05) is 0 Å². The molecule has 0 bridgehead atoms. The molecule has 0 aliphatic heterocycles. The zero-order valence-corrected chi connectivity index (χ0v) is 16.0. The number of rotatable bonds is 6.